The summed E-state index contributed by atoms with van der Waals surface area (Å²) in [7, 11) is 1.34. The number of amides is 1. The Balaban J connectivity index is 2.70. The van der Waals surface area contributed by atoms with E-state index in [4.69, 9.17) is 9.84 Å². The molecule has 2 N–H and O–H groups in total. The molecule has 0 atom stereocenters. The predicted octanol–water partition coefficient (Wildman–Crippen LogP) is 0.448. The molecular weight excluding hydrogens is 234 g/mol. The number of nitrogens with zero attached hydrogens (tertiary/aromatic N) is 1. The number of alkyl halides is 2. The summed E-state index contributed by atoms with van der Waals surface area (Å²) >= 11 is 0. The lowest BCUT2D eigenvalue weighted by atomic mass is 10.2. The summed E-state index contributed by atoms with van der Waals surface area (Å²) < 4.78 is 30.3. The molecule has 1 rings (SSSR count). The van der Waals surface area contributed by atoms with Gasteiger partial charge >= 0.3 is 0 Å². The van der Waals surface area contributed by atoms with Gasteiger partial charge in [0.05, 0.1) is 25.4 Å². The largest absolute Gasteiger partial charge is 0.494 e. The minimum absolute atomic E-state index is 0.108. The van der Waals surface area contributed by atoms with Crippen LogP contribution < -0.4 is 10.1 Å². The topological polar surface area (TPSA) is 71.5 Å². The fraction of sp³-hybridized carbons (Fsp3) is 0.400. The van der Waals surface area contributed by atoms with Gasteiger partial charge in [-0.25, -0.2) is 8.78 Å². The Hall–Kier alpha value is -1.76. The molecular formula is C10H12F2N2O3. The first-order chi connectivity index (χ1) is 8.00. The number of hydrogen-bond acceptors (Lipinski definition) is 4. The molecule has 0 fully saturated rings. The molecule has 1 aromatic rings. The molecule has 94 valence electrons. The molecule has 0 spiro atoms. The molecule has 7 heteroatoms. The standard InChI is InChI=1S/C10H12F2N2O3/c1-17-8-4-13-3-2-7(8)9(16)14-5-10(11,12)6-15/h2-4,15H,5-6H2,1H3,(H,14,16). The lowest BCUT2D eigenvalue weighted by Crippen LogP contribution is -2.39. The summed E-state index contributed by atoms with van der Waals surface area (Å²) in [6.07, 6.45) is 2.65. The second-order valence-electron chi connectivity index (χ2n) is 3.27. The van der Waals surface area contributed by atoms with Crippen LogP contribution in [0.15, 0.2) is 18.5 Å². The van der Waals surface area contributed by atoms with Crippen molar-refractivity contribution in [3.05, 3.63) is 24.0 Å². The Bertz CT molecular complexity index is 399. The van der Waals surface area contributed by atoms with E-state index in [2.05, 4.69) is 4.98 Å². The third kappa shape index (κ3) is 3.63. The highest BCUT2D eigenvalue weighted by atomic mass is 19.3. The van der Waals surface area contributed by atoms with Crippen LogP contribution in [0.3, 0.4) is 0 Å². The monoisotopic (exact) mass is 246 g/mol. The van der Waals surface area contributed by atoms with E-state index in [1.807, 2.05) is 5.32 Å². The first-order valence-corrected chi connectivity index (χ1v) is 4.75. The maximum absolute atomic E-state index is 12.7. The number of halogens is 2. The molecule has 0 saturated carbocycles. The average Bonchev–Trinajstić information content (AvgIpc) is 2.36. The molecule has 0 aliphatic carbocycles. The Labute approximate surface area is 96.4 Å². The second kappa shape index (κ2) is 5.53. The summed E-state index contributed by atoms with van der Waals surface area (Å²) in [5.74, 6) is -3.86. The van der Waals surface area contributed by atoms with Gasteiger partial charge in [-0.1, -0.05) is 0 Å². The molecule has 0 aliphatic heterocycles. The molecule has 0 aromatic carbocycles. The van der Waals surface area contributed by atoms with Crippen molar-refractivity contribution >= 4 is 5.91 Å². The number of hydrogen-bond donors (Lipinski definition) is 2. The van der Waals surface area contributed by atoms with Crippen LogP contribution in [0.2, 0.25) is 0 Å². The van der Waals surface area contributed by atoms with Gasteiger partial charge in [0, 0.05) is 6.20 Å². The van der Waals surface area contributed by atoms with Gasteiger partial charge in [0.15, 0.2) is 0 Å². The van der Waals surface area contributed by atoms with E-state index in [-0.39, 0.29) is 11.3 Å². The van der Waals surface area contributed by atoms with Crippen molar-refractivity contribution in [3.8, 4) is 5.75 Å². The SMILES string of the molecule is COc1cnccc1C(=O)NCC(F)(F)CO. The first-order valence-electron chi connectivity index (χ1n) is 4.75. The van der Waals surface area contributed by atoms with E-state index in [1.165, 1.54) is 25.6 Å². The molecule has 0 bridgehead atoms. The van der Waals surface area contributed by atoms with Crippen LogP contribution >= 0.6 is 0 Å². The summed E-state index contributed by atoms with van der Waals surface area (Å²) in [6, 6.07) is 1.35. The van der Waals surface area contributed by atoms with Gasteiger partial charge in [0.2, 0.25) is 0 Å². The average molecular weight is 246 g/mol. The van der Waals surface area contributed by atoms with Crippen molar-refractivity contribution in [2.75, 3.05) is 20.3 Å². The summed E-state index contributed by atoms with van der Waals surface area (Å²) in [4.78, 5) is 15.3. The normalized spacial score (nSPS) is 11.1. The molecule has 1 heterocycles. The lowest BCUT2D eigenvalue weighted by Gasteiger charge is -2.14. The highest BCUT2D eigenvalue weighted by Crippen LogP contribution is 2.16. The van der Waals surface area contributed by atoms with Crippen LogP contribution in [0.4, 0.5) is 8.78 Å². The number of methoxy groups -OCH3 is 1. The van der Waals surface area contributed by atoms with Gasteiger partial charge in [0.1, 0.15) is 12.4 Å². The minimum atomic E-state index is -3.34. The molecule has 0 unspecified atom stereocenters. The van der Waals surface area contributed by atoms with E-state index in [1.54, 1.807) is 0 Å². The number of carbonyl (C=O) groups is 1. The number of ether oxygens (including phenoxy) is 1. The minimum Gasteiger partial charge on any atom is -0.494 e. The van der Waals surface area contributed by atoms with Crippen molar-refractivity contribution in [2.45, 2.75) is 5.92 Å². The van der Waals surface area contributed by atoms with E-state index in [9.17, 15) is 13.6 Å². The van der Waals surface area contributed by atoms with Gasteiger partial charge in [-0.15, -0.1) is 0 Å². The van der Waals surface area contributed by atoms with E-state index in [0.717, 1.165) is 0 Å². The highest BCUT2D eigenvalue weighted by Gasteiger charge is 2.28. The van der Waals surface area contributed by atoms with Gasteiger partial charge in [-0.3, -0.25) is 9.78 Å². The molecule has 0 aliphatic rings. The molecule has 5 nitrogen and oxygen atoms in total. The maximum atomic E-state index is 12.7. The van der Waals surface area contributed by atoms with Crippen molar-refractivity contribution in [3.63, 3.8) is 0 Å². The zero-order valence-corrected chi connectivity index (χ0v) is 9.11. The molecule has 0 saturated heterocycles. The number of aliphatic hydroxyl groups is 1. The number of rotatable bonds is 5. The van der Waals surface area contributed by atoms with Crippen LogP contribution in [-0.2, 0) is 0 Å². The first kappa shape index (κ1) is 13.3. The Morgan fingerprint density at radius 1 is 1.65 bits per heavy atom. The summed E-state index contributed by atoms with van der Waals surface area (Å²) in [6.45, 7) is -2.26. The van der Waals surface area contributed by atoms with Crippen LogP contribution in [0.25, 0.3) is 0 Å². The quantitative estimate of drug-likeness (QED) is 0.791. The highest BCUT2D eigenvalue weighted by molar-refractivity contribution is 5.96. The maximum Gasteiger partial charge on any atom is 0.287 e. The predicted molar refractivity (Wildman–Crippen MR) is 55.2 cm³/mol. The van der Waals surface area contributed by atoms with Crippen LogP contribution in [-0.4, -0.2) is 42.2 Å². The molecule has 1 aromatic heterocycles. The molecule has 17 heavy (non-hydrogen) atoms. The Kier molecular flexibility index (Phi) is 4.33. The fourth-order valence-corrected chi connectivity index (χ4v) is 1.09. The van der Waals surface area contributed by atoms with Crippen LogP contribution in [0.5, 0.6) is 5.75 Å². The zero-order chi connectivity index (χ0) is 12.9. The van der Waals surface area contributed by atoms with E-state index in [0.29, 0.717) is 0 Å². The van der Waals surface area contributed by atoms with Gasteiger partial charge in [-0.05, 0) is 6.07 Å². The van der Waals surface area contributed by atoms with Gasteiger partial charge in [0.25, 0.3) is 11.8 Å². The fourth-order valence-electron chi connectivity index (χ4n) is 1.09. The zero-order valence-electron chi connectivity index (χ0n) is 9.11. The van der Waals surface area contributed by atoms with Crippen LogP contribution in [0.1, 0.15) is 10.4 Å². The third-order valence-corrected chi connectivity index (χ3v) is 1.99. The van der Waals surface area contributed by atoms with Crippen molar-refractivity contribution in [1.82, 2.24) is 10.3 Å². The third-order valence-electron chi connectivity index (χ3n) is 1.99. The number of nitrogens with one attached hydrogen (secondary N) is 1. The molecule has 0 radical (unpaired) electrons. The smallest absolute Gasteiger partial charge is 0.287 e. The van der Waals surface area contributed by atoms with Crippen molar-refractivity contribution < 1.29 is 23.4 Å². The Morgan fingerprint density at radius 3 is 2.94 bits per heavy atom. The number of carbonyl (C=O) groups excluding carboxylic acids is 1. The van der Waals surface area contributed by atoms with E-state index >= 15 is 0 Å². The summed E-state index contributed by atoms with van der Waals surface area (Å²) in [5, 5.41) is 10.4. The number of aliphatic hydroxyl groups excluding tert-OH is 1. The Morgan fingerprint density at radius 2 is 2.35 bits per heavy atom. The molecule has 1 amide bonds. The van der Waals surface area contributed by atoms with Gasteiger partial charge < -0.3 is 15.2 Å². The van der Waals surface area contributed by atoms with E-state index < -0.39 is 25.0 Å². The summed E-state index contributed by atoms with van der Waals surface area (Å²) in [5.41, 5.74) is 0.108. The number of aromatic nitrogens is 1. The van der Waals surface area contributed by atoms with Gasteiger partial charge in [-0.2, -0.15) is 0 Å². The van der Waals surface area contributed by atoms with Crippen LogP contribution in [0, 0.1) is 0 Å². The van der Waals surface area contributed by atoms with Crippen molar-refractivity contribution in [1.29, 1.82) is 0 Å². The van der Waals surface area contributed by atoms with Crippen molar-refractivity contribution in [2.24, 2.45) is 0 Å². The number of pyridine rings is 1. The second-order valence-corrected chi connectivity index (χ2v) is 3.27. The lowest BCUT2D eigenvalue weighted by molar-refractivity contribution is -0.0462.